The van der Waals surface area contributed by atoms with Gasteiger partial charge in [0.1, 0.15) is 6.04 Å². The predicted octanol–water partition coefficient (Wildman–Crippen LogP) is 2.28. The summed E-state index contributed by atoms with van der Waals surface area (Å²) in [6.45, 7) is 0. The normalized spacial score (nSPS) is 11.7. The Labute approximate surface area is 131 Å². The molecule has 21 heavy (non-hydrogen) atoms. The van der Waals surface area contributed by atoms with Crippen LogP contribution in [0.4, 0.5) is 0 Å². The van der Waals surface area contributed by atoms with Crippen molar-refractivity contribution in [3.05, 3.63) is 70.2 Å². The maximum Gasteiger partial charge on any atom is 0.251 e. The van der Waals surface area contributed by atoms with Crippen LogP contribution in [0, 0.1) is 0 Å². The molecule has 2 aromatic rings. The highest BCUT2D eigenvalue weighted by molar-refractivity contribution is 9.10. The highest BCUT2D eigenvalue weighted by Crippen LogP contribution is 2.17. The van der Waals surface area contributed by atoms with Crippen LogP contribution in [0.1, 0.15) is 15.9 Å². The lowest BCUT2D eigenvalue weighted by Gasteiger charge is -2.16. The number of benzene rings is 2. The third-order valence-electron chi connectivity index (χ3n) is 3.07. The van der Waals surface area contributed by atoms with Gasteiger partial charge in [0.2, 0.25) is 5.91 Å². The molecule has 2 amide bonds. The first kappa shape index (κ1) is 15.3. The van der Waals surface area contributed by atoms with E-state index in [4.69, 9.17) is 5.73 Å². The minimum absolute atomic E-state index is 0.313. The second-order valence-electron chi connectivity index (χ2n) is 4.59. The molecule has 0 radical (unpaired) electrons. The Bertz CT molecular complexity index is 644. The molecule has 0 aliphatic carbocycles. The van der Waals surface area contributed by atoms with E-state index in [2.05, 4.69) is 21.2 Å². The van der Waals surface area contributed by atoms with Crippen molar-refractivity contribution >= 4 is 27.7 Å². The minimum atomic E-state index is -0.753. The molecule has 1 atom stereocenters. The first-order chi connectivity index (χ1) is 10.1. The standard InChI is InChI=1S/C16H15BrN2O2/c17-13-9-5-4-8-12(13)10-14(15(18)20)19-16(21)11-6-2-1-3-7-11/h1-9,14H,10H2,(H2,18,20)(H,19,21)/t14-/m0/s1. The summed E-state index contributed by atoms with van der Waals surface area (Å²) in [5.41, 5.74) is 6.80. The average molecular weight is 347 g/mol. The van der Waals surface area contributed by atoms with E-state index < -0.39 is 11.9 Å². The zero-order valence-electron chi connectivity index (χ0n) is 11.3. The van der Waals surface area contributed by atoms with Gasteiger partial charge in [-0.2, -0.15) is 0 Å². The summed E-state index contributed by atoms with van der Waals surface area (Å²) in [5.74, 6) is -0.874. The molecule has 0 saturated heterocycles. The second-order valence-corrected chi connectivity index (χ2v) is 5.44. The lowest BCUT2D eigenvalue weighted by molar-refractivity contribution is -0.119. The van der Waals surface area contributed by atoms with Crippen LogP contribution in [0.15, 0.2) is 59.1 Å². The van der Waals surface area contributed by atoms with E-state index in [1.807, 2.05) is 30.3 Å². The lowest BCUT2D eigenvalue weighted by atomic mass is 10.0. The molecule has 0 bridgehead atoms. The number of amides is 2. The molecule has 0 fully saturated rings. The maximum atomic E-state index is 12.1. The molecule has 4 nitrogen and oxygen atoms in total. The van der Waals surface area contributed by atoms with Gasteiger partial charge < -0.3 is 11.1 Å². The number of rotatable bonds is 5. The smallest absolute Gasteiger partial charge is 0.251 e. The average Bonchev–Trinajstić information content (AvgIpc) is 2.49. The van der Waals surface area contributed by atoms with Crippen molar-refractivity contribution < 1.29 is 9.59 Å². The van der Waals surface area contributed by atoms with Gasteiger partial charge in [-0.05, 0) is 23.8 Å². The minimum Gasteiger partial charge on any atom is -0.368 e. The Kier molecular flexibility index (Phi) is 5.11. The monoisotopic (exact) mass is 346 g/mol. The molecular weight excluding hydrogens is 332 g/mol. The van der Waals surface area contributed by atoms with Crippen molar-refractivity contribution in [3.63, 3.8) is 0 Å². The summed E-state index contributed by atoms with van der Waals surface area (Å²) in [4.78, 5) is 23.7. The van der Waals surface area contributed by atoms with Crippen molar-refractivity contribution in [2.45, 2.75) is 12.5 Å². The molecule has 2 aromatic carbocycles. The van der Waals surface area contributed by atoms with E-state index in [1.54, 1.807) is 24.3 Å². The molecule has 108 valence electrons. The number of hydrogen-bond acceptors (Lipinski definition) is 2. The largest absolute Gasteiger partial charge is 0.368 e. The fraction of sp³-hybridized carbons (Fsp3) is 0.125. The highest BCUT2D eigenvalue weighted by Gasteiger charge is 2.20. The molecule has 0 aromatic heterocycles. The number of nitrogens with two attached hydrogens (primary N) is 1. The quantitative estimate of drug-likeness (QED) is 0.871. The van der Waals surface area contributed by atoms with Crippen LogP contribution in [0.25, 0.3) is 0 Å². The number of carbonyl (C=O) groups is 2. The SMILES string of the molecule is NC(=O)[C@H](Cc1ccccc1Br)NC(=O)c1ccccc1. The molecule has 5 heteroatoms. The Morgan fingerprint density at radius 1 is 1.05 bits per heavy atom. The van der Waals surface area contributed by atoms with Crippen molar-refractivity contribution in [1.29, 1.82) is 0 Å². The van der Waals surface area contributed by atoms with Gasteiger partial charge in [0, 0.05) is 16.5 Å². The number of halogens is 1. The molecule has 0 aliphatic heterocycles. The van der Waals surface area contributed by atoms with Gasteiger partial charge in [-0.1, -0.05) is 52.3 Å². The molecule has 0 aliphatic rings. The molecule has 3 N–H and O–H groups in total. The van der Waals surface area contributed by atoms with E-state index in [0.29, 0.717) is 12.0 Å². The van der Waals surface area contributed by atoms with E-state index in [9.17, 15) is 9.59 Å². The second kappa shape index (κ2) is 7.04. The molecule has 2 rings (SSSR count). The van der Waals surface area contributed by atoms with Gasteiger partial charge >= 0.3 is 0 Å². The van der Waals surface area contributed by atoms with Crippen molar-refractivity contribution in [3.8, 4) is 0 Å². The number of carbonyl (C=O) groups excluding carboxylic acids is 2. The van der Waals surface area contributed by atoms with Crippen LogP contribution in [-0.2, 0) is 11.2 Å². The summed E-state index contributed by atoms with van der Waals surface area (Å²) in [6.07, 6.45) is 0.343. The van der Waals surface area contributed by atoms with Gasteiger partial charge in [0.25, 0.3) is 5.91 Å². The summed E-state index contributed by atoms with van der Waals surface area (Å²) >= 11 is 3.42. The van der Waals surface area contributed by atoms with Gasteiger partial charge in [-0.3, -0.25) is 9.59 Å². The van der Waals surface area contributed by atoms with Crippen molar-refractivity contribution in [1.82, 2.24) is 5.32 Å². The van der Waals surface area contributed by atoms with E-state index in [-0.39, 0.29) is 5.91 Å². The van der Waals surface area contributed by atoms with Crippen LogP contribution < -0.4 is 11.1 Å². The summed E-state index contributed by atoms with van der Waals surface area (Å²) < 4.78 is 0.880. The molecule has 0 unspecified atom stereocenters. The van der Waals surface area contributed by atoms with E-state index in [1.165, 1.54) is 0 Å². The first-order valence-corrected chi connectivity index (χ1v) is 7.26. The Morgan fingerprint density at radius 2 is 1.67 bits per heavy atom. The van der Waals surface area contributed by atoms with Gasteiger partial charge in [-0.15, -0.1) is 0 Å². The van der Waals surface area contributed by atoms with E-state index >= 15 is 0 Å². The zero-order valence-corrected chi connectivity index (χ0v) is 12.8. The van der Waals surface area contributed by atoms with E-state index in [0.717, 1.165) is 10.0 Å². The van der Waals surface area contributed by atoms with Gasteiger partial charge in [-0.25, -0.2) is 0 Å². The van der Waals surface area contributed by atoms with Crippen LogP contribution >= 0.6 is 15.9 Å². The Balaban J connectivity index is 2.12. The summed E-state index contributed by atoms with van der Waals surface area (Å²) in [6, 6.07) is 15.5. The molecule has 0 heterocycles. The number of primary amides is 1. The summed E-state index contributed by atoms with van der Waals surface area (Å²) in [7, 11) is 0. The van der Waals surface area contributed by atoms with Crippen LogP contribution in [0.5, 0.6) is 0 Å². The predicted molar refractivity (Wildman–Crippen MR) is 84.7 cm³/mol. The third kappa shape index (κ3) is 4.16. The maximum absolute atomic E-state index is 12.1. The van der Waals surface area contributed by atoms with Gasteiger partial charge in [0.05, 0.1) is 0 Å². The lowest BCUT2D eigenvalue weighted by Crippen LogP contribution is -2.45. The molecule has 0 spiro atoms. The number of hydrogen-bond donors (Lipinski definition) is 2. The van der Waals surface area contributed by atoms with Gasteiger partial charge in [0.15, 0.2) is 0 Å². The zero-order chi connectivity index (χ0) is 15.2. The third-order valence-corrected chi connectivity index (χ3v) is 3.84. The van der Waals surface area contributed by atoms with Crippen LogP contribution in [0.3, 0.4) is 0 Å². The Hall–Kier alpha value is -2.14. The van der Waals surface area contributed by atoms with Crippen LogP contribution in [0.2, 0.25) is 0 Å². The fourth-order valence-corrected chi connectivity index (χ4v) is 2.38. The first-order valence-electron chi connectivity index (χ1n) is 6.46. The fourth-order valence-electron chi connectivity index (χ4n) is 1.94. The topological polar surface area (TPSA) is 72.2 Å². The molecule has 0 saturated carbocycles. The Morgan fingerprint density at radius 3 is 2.29 bits per heavy atom. The number of nitrogens with one attached hydrogen (secondary N) is 1. The highest BCUT2D eigenvalue weighted by atomic mass is 79.9. The summed E-state index contributed by atoms with van der Waals surface area (Å²) in [5, 5.41) is 2.67. The van der Waals surface area contributed by atoms with Crippen molar-refractivity contribution in [2.75, 3.05) is 0 Å². The molecular formula is C16H15BrN2O2. The van der Waals surface area contributed by atoms with Crippen molar-refractivity contribution in [2.24, 2.45) is 5.73 Å². The van der Waals surface area contributed by atoms with Crippen LogP contribution in [-0.4, -0.2) is 17.9 Å².